The van der Waals surface area contributed by atoms with Crippen molar-refractivity contribution in [3.8, 4) is 11.8 Å². The fraction of sp³-hybridized carbons (Fsp3) is 0.238. The Bertz CT molecular complexity index is 1030. The number of carbonyl (C=O) groups excluding carboxylic acids is 3. The molecular weight excluding hydrogens is 406 g/mol. The van der Waals surface area contributed by atoms with Crippen LogP contribution in [0, 0.1) is 11.3 Å². The molecule has 0 aliphatic heterocycles. The first-order valence-electron chi connectivity index (χ1n) is 9.16. The van der Waals surface area contributed by atoms with Gasteiger partial charge in [0.05, 0.1) is 5.56 Å². The maximum atomic E-state index is 12.1. The van der Waals surface area contributed by atoms with Crippen LogP contribution in [0.3, 0.4) is 0 Å². The van der Waals surface area contributed by atoms with Gasteiger partial charge in [0, 0.05) is 11.0 Å². The largest absolute Gasteiger partial charge is 0.479 e. The maximum absolute atomic E-state index is 12.1. The van der Waals surface area contributed by atoms with Gasteiger partial charge < -0.3 is 20.5 Å². The molecule has 0 atom stereocenters. The van der Waals surface area contributed by atoms with Gasteiger partial charge in [0.1, 0.15) is 16.8 Å². The number of thiophene rings is 1. The molecule has 1 heterocycles. The molecule has 1 aliphatic carbocycles. The predicted octanol–water partition coefficient (Wildman–Crippen LogP) is 2.43. The van der Waals surface area contributed by atoms with Crippen molar-refractivity contribution in [2.75, 3.05) is 18.5 Å². The number of primary amides is 1. The molecule has 9 heteroatoms. The van der Waals surface area contributed by atoms with E-state index < -0.39 is 24.4 Å². The van der Waals surface area contributed by atoms with Crippen LogP contribution in [0.25, 0.3) is 6.08 Å². The van der Waals surface area contributed by atoms with Crippen molar-refractivity contribution in [2.45, 2.75) is 19.3 Å². The summed E-state index contributed by atoms with van der Waals surface area (Å²) < 4.78 is 10.1. The maximum Gasteiger partial charge on any atom is 0.331 e. The number of anilines is 1. The number of esters is 1. The summed E-state index contributed by atoms with van der Waals surface area (Å²) in [7, 11) is 0. The van der Waals surface area contributed by atoms with Crippen LogP contribution in [0.5, 0.6) is 5.75 Å². The molecule has 0 radical (unpaired) electrons. The number of hydrogen-bond donors (Lipinski definition) is 2. The first-order valence-corrected chi connectivity index (χ1v) is 9.98. The van der Waals surface area contributed by atoms with E-state index in [1.54, 1.807) is 24.3 Å². The van der Waals surface area contributed by atoms with E-state index >= 15 is 0 Å². The Hall–Kier alpha value is -3.64. The van der Waals surface area contributed by atoms with Crippen LogP contribution in [0.1, 0.15) is 32.8 Å². The van der Waals surface area contributed by atoms with E-state index in [-0.39, 0.29) is 6.61 Å². The van der Waals surface area contributed by atoms with Crippen molar-refractivity contribution < 1.29 is 23.9 Å². The summed E-state index contributed by atoms with van der Waals surface area (Å²) in [6.07, 6.45) is 5.33. The van der Waals surface area contributed by atoms with Gasteiger partial charge in [-0.05, 0) is 48.6 Å². The topological polar surface area (TPSA) is 132 Å². The van der Waals surface area contributed by atoms with Crippen LogP contribution in [0.2, 0.25) is 0 Å². The summed E-state index contributed by atoms with van der Waals surface area (Å²) in [5.41, 5.74) is 7.44. The second-order valence-electron chi connectivity index (χ2n) is 6.43. The molecule has 1 aromatic heterocycles. The summed E-state index contributed by atoms with van der Waals surface area (Å²) in [4.78, 5) is 36.8. The van der Waals surface area contributed by atoms with Crippen molar-refractivity contribution in [1.82, 2.24) is 0 Å². The van der Waals surface area contributed by atoms with E-state index in [2.05, 4.69) is 5.32 Å². The number of rotatable bonds is 8. The number of nitrogens with one attached hydrogen (secondary N) is 1. The summed E-state index contributed by atoms with van der Waals surface area (Å²) in [5, 5.41) is 11.5. The van der Waals surface area contributed by atoms with Gasteiger partial charge in [-0.2, -0.15) is 5.26 Å². The molecule has 0 fully saturated rings. The van der Waals surface area contributed by atoms with Crippen molar-refractivity contribution in [1.29, 1.82) is 5.26 Å². The van der Waals surface area contributed by atoms with Gasteiger partial charge in [0.15, 0.2) is 13.2 Å². The van der Waals surface area contributed by atoms with Crippen molar-refractivity contribution in [3.05, 3.63) is 51.9 Å². The number of amides is 2. The first-order chi connectivity index (χ1) is 14.5. The quantitative estimate of drug-likeness (QED) is 0.493. The average Bonchev–Trinajstić information content (AvgIpc) is 3.30. The van der Waals surface area contributed by atoms with E-state index in [0.29, 0.717) is 16.3 Å². The number of ether oxygens (including phenoxy) is 2. The lowest BCUT2D eigenvalue weighted by molar-refractivity contribution is -0.142. The lowest BCUT2D eigenvalue weighted by atomic mass is 10.1. The molecule has 0 saturated heterocycles. The van der Waals surface area contributed by atoms with Gasteiger partial charge in [-0.15, -0.1) is 11.3 Å². The van der Waals surface area contributed by atoms with Gasteiger partial charge >= 0.3 is 5.97 Å². The zero-order valence-corrected chi connectivity index (χ0v) is 16.8. The first kappa shape index (κ1) is 21.1. The molecule has 3 rings (SSSR count). The Morgan fingerprint density at radius 1 is 1.23 bits per heavy atom. The molecule has 0 unspecified atom stereocenters. The molecule has 2 aromatic rings. The number of fused-ring (bicyclic) bond motifs is 1. The highest BCUT2D eigenvalue weighted by atomic mass is 32.1. The molecule has 8 nitrogen and oxygen atoms in total. The molecular formula is C21H19N3O5S. The van der Waals surface area contributed by atoms with Gasteiger partial charge in [-0.3, -0.25) is 9.59 Å². The number of nitrogens with zero attached hydrogens (tertiary/aromatic N) is 1. The summed E-state index contributed by atoms with van der Waals surface area (Å²) >= 11 is 1.34. The van der Waals surface area contributed by atoms with Crippen LogP contribution in [0.15, 0.2) is 30.3 Å². The lowest BCUT2D eigenvalue weighted by Gasteiger charge is -2.06. The highest BCUT2D eigenvalue weighted by molar-refractivity contribution is 7.17. The van der Waals surface area contributed by atoms with Crippen LogP contribution in [0.4, 0.5) is 5.00 Å². The number of nitrogens with two attached hydrogens (primary N) is 1. The fourth-order valence-electron chi connectivity index (χ4n) is 3.06. The van der Waals surface area contributed by atoms with Crippen LogP contribution in [-0.2, 0) is 27.2 Å². The third-order valence-corrected chi connectivity index (χ3v) is 5.57. The van der Waals surface area contributed by atoms with E-state index in [0.717, 1.165) is 35.3 Å². The van der Waals surface area contributed by atoms with Crippen LogP contribution < -0.4 is 15.8 Å². The smallest absolute Gasteiger partial charge is 0.331 e. The van der Waals surface area contributed by atoms with Crippen molar-refractivity contribution in [2.24, 2.45) is 5.73 Å². The Kier molecular flexibility index (Phi) is 6.83. The molecule has 154 valence electrons. The summed E-state index contributed by atoms with van der Waals surface area (Å²) in [6, 6.07) is 8.64. The zero-order valence-electron chi connectivity index (χ0n) is 16.0. The van der Waals surface area contributed by atoms with E-state index in [4.69, 9.17) is 20.5 Å². The fourth-order valence-corrected chi connectivity index (χ4v) is 4.37. The summed E-state index contributed by atoms with van der Waals surface area (Å²) in [6.45, 7) is -0.524. The van der Waals surface area contributed by atoms with Gasteiger partial charge in [-0.1, -0.05) is 12.1 Å². The molecule has 0 saturated carbocycles. The lowest BCUT2D eigenvalue weighted by Crippen LogP contribution is -2.22. The monoisotopic (exact) mass is 425 g/mol. The number of carbonyl (C=O) groups is 3. The Balaban J connectivity index is 1.50. The minimum atomic E-state index is -0.682. The number of nitriles is 1. The highest BCUT2D eigenvalue weighted by Gasteiger charge is 2.26. The van der Waals surface area contributed by atoms with Crippen molar-refractivity contribution >= 4 is 40.2 Å². The molecule has 1 aliphatic rings. The molecule has 30 heavy (non-hydrogen) atoms. The number of aryl methyl sites for hydroxylation is 1. The molecule has 0 spiro atoms. The van der Waals surface area contributed by atoms with Crippen LogP contribution in [-0.4, -0.2) is 31.0 Å². The minimum Gasteiger partial charge on any atom is -0.479 e. The number of benzene rings is 1. The summed E-state index contributed by atoms with van der Waals surface area (Å²) in [5.74, 6) is -1.26. The van der Waals surface area contributed by atoms with Gasteiger partial charge in [0.25, 0.3) is 11.8 Å². The second-order valence-corrected chi connectivity index (χ2v) is 7.54. The van der Waals surface area contributed by atoms with Crippen molar-refractivity contribution in [3.63, 3.8) is 0 Å². The Morgan fingerprint density at radius 3 is 2.70 bits per heavy atom. The molecule has 2 amide bonds. The van der Waals surface area contributed by atoms with Crippen LogP contribution >= 0.6 is 11.3 Å². The molecule has 3 N–H and O–H groups in total. The Morgan fingerprint density at radius 2 is 2.00 bits per heavy atom. The average molecular weight is 425 g/mol. The molecule has 1 aromatic carbocycles. The third kappa shape index (κ3) is 5.24. The third-order valence-electron chi connectivity index (χ3n) is 4.36. The van der Waals surface area contributed by atoms with E-state index in [1.807, 2.05) is 6.07 Å². The second kappa shape index (κ2) is 9.71. The number of hydrogen-bond acceptors (Lipinski definition) is 7. The Labute approximate surface area is 176 Å². The van der Waals surface area contributed by atoms with Gasteiger partial charge in [0.2, 0.25) is 0 Å². The normalized spacial score (nSPS) is 12.2. The SMILES string of the molecule is N#CCOc1ccc(/C=C/C(=O)OCC(=O)Nc2sc3c(c2C(N)=O)CCC3)cc1. The zero-order chi connectivity index (χ0) is 21.5. The minimum absolute atomic E-state index is 0.0430. The van der Waals surface area contributed by atoms with E-state index in [9.17, 15) is 14.4 Å². The standard InChI is InChI=1S/C21H19N3O5S/c22-10-11-28-14-7-4-13(5-8-14)6-9-18(26)29-12-17(25)24-21-19(20(23)27)15-2-1-3-16(15)30-21/h4-9H,1-3,11-12H2,(H2,23,27)(H,24,25)/b9-6+. The van der Waals surface area contributed by atoms with E-state index in [1.165, 1.54) is 23.5 Å². The van der Waals surface area contributed by atoms with Gasteiger partial charge in [-0.25, -0.2) is 4.79 Å². The predicted molar refractivity (Wildman–Crippen MR) is 111 cm³/mol. The highest BCUT2D eigenvalue weighted by Crippen LogP contribution is 2.38. The molecule has 0 bridgehead atoms.